The first-order valence-electron chi connectivity index (χ1n) is 2.68. The molecule has 3 heteroatoms. The summed E-state index contributed by atoms with van der Waals surface area (Å²) in [5.74, 6) is 7.24. The van der Waals surface area contributed by atoms with Gasteiger partial charge in [0, 0.05) is 0 Å². The van der Waals surface area contributed by atoms with Gasteiger partial charge in [0.1, 0.15) is 0 Å². The molecule has 0 radical (unpaired) electrons. The molecule has 3 nitrogen and oxygen atoms in total. The molecule has 0 aromatic rings. The van der Waals surface area contributed by atoms with Crippen LogP contribution in [0.25, 0.3) is 5.84 Å². The number of nitrogens with zero attached hydrogens (tertiary/aromatic N) is 1. The second-order valence-corrected chi connectivity index (χ2v) is 2.72. The summed E-state index contributed by atoms with van der Waals surface area (Å²) in [4.78, 5) is 0. The molecule has 0 fully saturated rings. The summed E-state index contributed by atoms with van der Waals surface area (Å²) in [6, 6.07) is 0. The average molecular weight is 118 g/mol. The fourth-order valence-electron chi connectivity index (χ4n) is 0.661. The van der Waals surface area contributed by atoms with Crippen molar-refractivity contribution in [1.82, 2.24) is 0 Å². The van der Waals surface area contributed by atoms with E-state index in [-0.39, 0.29) is 10.7 Å². The van der Waals surface area contributed by atoms with E-state index in [1.165, 1.54) is 0 Å². The van der Waals surface area contributed by atoms with E-state index in [0.29, 0.717) is 6.54 Å². The number of aliphatic hydroxyl groups excluding tert-OH is 1. The molecule has 0 rings (SSSR count). The zero-order valence-electron chi connectivity index (χ0n) is 5.68. The standard InChI is InChI=1S/C5H14N2O/c1-5(8)4-7(2,3)6/h5-6,8H,4H2,1-3H3. The number of quaternary nitrogens is 1. The first-order chi connectivity index (χ1) is 3.42. The van der Waals surface area contributed by atoms with E-state index < -0.39 is 0 Å². The van der Waals surface area contributed by atoms with Crippen molar-refractivity contribution in [3.05, 3.63) is 5.84 Å². The van der Waals surface area contributed by atoms with E-state index >= 15 is 0 Å². The number of nitrogens with one attached hydrogen (secondary N) is 1. The number of rotatable bonds is 2. The average Bonchev–Trinajstić information content (AvgIpc) is 1.21. The van der Waals surface area contributed by atoms with Crippen molar-refractivity contribution >= 4 is 0 Å². The Balaban J connectivity index is 3.39. The molecule has 0 aromatic carbocycles. The first kappa shape index (κ1) is 7.88. The second-order valence-electron chi connectivity index (χ2n) is 2.72. The molecule has 50 valence electrons. The van der Waals surface area contributed by atoms with E-state index in [4.69, 9.17) is 10.9 Å². The summed E-state index contributed by atoms with van der Waals surface area (Å²) in [6.45, 7) is 2.18. The van der Waals surface area contributed by atoms with Gasteiger partial charge in [0.05, 0.1) is 26.7 Å². The van der Waals surface area contributed by atoms with Gasteiger partial charge in [-0.25, -0.2) is 0 Å². The lowest BCUT2D eigenvalue weighted by atomic mass is 10.4. The highest BCUT2D eigenvalue weighted by Gasteiger charge is 2.04. The van der Waals surface area contributed by atoms with E-state index in [0.717, 1.165) is 0 Å². The Morgan fingerprint density at radius 3 is 2.00 bits per heavy atom. The highest BCUT2D eigenvalue weighted by Crippen LogP contribution is 1.96. The van der Waals surface area contributed by atoms with Crippen molar-refractivity contribution in [3.63, 3.8) is 0 Å². The molecule has 0 bridgehead atoms. The molecule has 0 aliphatic heterocycles. The summed E-state index contributed by atoms with van der Waals surface area (Å²) in [5.41, 5.74) is 0. The third kappa shape index (κ3) is 5.88. The van der Waals surface area contributed by atoms with Crippen LogP contribution in [-0.2, 0) is 0 Å². The van der Waals surface area contributed by atoms with Crippen LogP contribution in [0.5, 0.6) is 0 Å². The lowest BCUT2D eigenvalue weighted by Crippen LogP contribution is -2.36. The third-order valence-corrected chi connectivity index (χ3v) is 0.721. The van der Waals surface area contributed by atoms with Crippen LogP contribution in [0.4, 0.5) is 0 Å². The van der Waals surface area contributed by atoms with Crippen molar-refractivity contribution in [1.29, 1.82) is 0 Å². The van der Waals surface area contributed by atoms with Gasteiger partial charge in [-0.05, 0) is 6.92 Å². The fourth-order valence-corrected chi connectivity index (χ4v) is 0.661. The summed E-state index contributed by atoms with van der Waals surface area (Å²) in [7, 11) is 3.46. The van der Waals surface area contributed by atoms with E-state index in [1.807, 2.05) is 0 Å². The van der Waals surface area contributed by atoms with Gasteiger partial charge in [0.2, 0.25) is 0 Å². The molecular weight excluding hydrogens is 104 g/mol. The topological polar surface area (TPSA) is 44.0 Å². The summed E-state index contributed by atoms with van der Waals surface area (Å²) in [6.07, 6.45) is -0.373. The highest BCUT2D eigenvalue weighted by atomic mass is 16.3. The maximum absolute atomic E-state index is 8.75. The molecule has 0 saturated heterocycles. The molecule has 0 aliphatic carbocycles. The quantitative estimate of drug-likeness (QED) is 0.414. The van der Waals surface area contributed by atoms with Crippen LogP contribution in [0.15, 0.2) is 0 Å². The van der Waals surface area contributed by atoms with Crippen molar-refractivity contribution in [3.8, 4) is 0 Å². The highest BCUT2D eigenvalue weighted by molar-refractivity contribution is 4.41. The Kier molecular flexibility index (Phi) is 2.40. The summed E-state index contributed by atoms with van der Waals surface area (Å²) < 4.78 is 0.0810. The smallest absolute Gasteiger partial charge is 0.0994 e. The summed E-state index contributed by atoms with van der Waals surface area (Å²) in [5, 5.41) is 8.75. The van der Waals surface area contributed by atoms with Crippen molar-refractivity contribution in [2.24, 2.45) is 0 Å². The lowest BCUT2D eigenvalue weighted by molar-refractivity contribution is -0.843. The van der Waals surface area contributed by atoms with Gasteiger partial charge in [-0.1, -0.05) is 0 Å². The molecule has 1 unspecified atom stereocenters. The molecular formula is C5H14N2O. The minimum atomic E-state index is -0.373. The van der Waals surface area contributed by atoms with Crippen LogP contribution < -0.4 is 0 Å². The van der Waals surface area contributed by atoms with Crippen LogP contribution >= 0.6 is 0 Å². The fraction of sp³-hybridized carbons (Fsp3) is 1.00. The van der Waals surface area contributed by atoms with Gasteiger partial charge >= 0.3 is 0 Å². The predicted octanol–water partition coefficient (Wildman–Crippen LogP) is 0.411. The van der Waals surface area contributed by atoms with Crippen LogP contribution in [0.3, 0.4) is 0 Å². The molecule has 0 saturated carbocycles. The Hall–Kier alpha value is -0.120. The van der Waals surface area contributed by atoms with Crippen LogP contribution in [0.2, 0.25) is 0 Å². The van der Waals surface area contributed by atoms with Crippen LogP contribution in [-0.4, -0.2) is 36.4 Å². The van der Waals surface area contributed by atoms with Crippen molar-refractivity contribution in [2.75, 3.05) is 20.6 Å². The first-order valence-corrected chi connectivity index (χ1v) is 2.68. The normalized spacial score (nSPS) is 16.1. The van der Waals surface area contributed by atoms with E-state index in [2.05, 4.69) is 0 Å². The minimum absolute atomic E-state index is 0.0810. The number of hydrogen-bond donors (Lipinski definition) is 1. The molecule has 0 aliphatic rings. The van der Waals surface area contributed by atoms with Gasteiger partial charge in [0.25, 0.3) is 0 Å². The Bertz CT molecular complexity index is 65.3. The van der Waals surface area contributed by atoms with Crippen molar-refractivity contribution in [2.45, 2.75) is 13.0 Å². The Morgan fingerprint density at radius 2 is 2.00 bits per heavy atom. The predicted molar refractivity (Wildman–Crippen MR) is 33.0 cm³/mol. The maximum atomic E-state index is 8.75. The molecule has 0 heterocycles. The van der Waals surface area contributed by atoms with E-state index in [9.17, 15) is 0 Å². The number of likely N-dealkylation sites (N-methyl/N-ethyl adjacent to an activating group) is 1. The number of hydrogen-bond acceptors (Lipinski definition) is 1. The molecule has 8 heavy (non-hydrogen) atoms. The monoisotopic (exact) mass is 118 g/mol. The largest absolute Gasteiger partial charge is 0.468 e. The van der Waals surface area contributed by atoms with Gasteiger partial charge < -0.3 is 15.5 Å². The molecule has 2 N–H and O–H groups in total. The van der Waals surface area contributed by atoms with Gasteiger partial charge in [0.15, 0.2) is 0 Å². The minimum Gasteiger partial charge on any atom is -0.468 e. The Morgan fingerprint density at radius 1 is 1.62 bits per heavy atom. The lowest BCUT2D eigenvalue weighted by Gasteiger charge is -2.33. The molecule has 1 atom stereocenters. The number of aliphatic hydroxyl groups is 1. The third-order valence-electron chi connectivity index (χ3n) is 0.721. The molecule has 0 amide bonds. The zero-order chi connectivity index (χ0) is 6.78. The van der Waals surface area contributed by atoms with Crippen LogP contribution in [0, 0.1) is 0 Å². The second kappa shape index (κ2) is 2.44. The SMILES string of the molecule is CC(O)C[N+](C)(C)[NH-]. The van der Waals surface area contributed by atoms with Gasteiger partial charge in [-0.2, -0.15) is 0 Å². The maximum Gasteiger partial charge on any atom is 0.0994 e. The summed E-state index contributed by atoms with van der Waals surface area (Å²) >= 11 is 0. The molecule has 0 spiro atoms. The van der Waals surface area contributed by atoms with E-state index in [1.54, 1.807) is 21.0 Å². The van der Waals surface area contributed by atoms with Crippen molar-refractivity contribution < 1.29 is 9.70 Å². The zero-order valence-corrected chi connectivity index (χ0v) is 5.68. The van der Waals surface area contributed by atoms with Gasteiger partial charge in [-0.15, -0.1) is 0 Å². The van der Waals surface area contributed by atoms with Crippen LogP contribution in [0.1, 0.15) is 6.92 Å². The molecule has 0 aromatic heterocycles. The Labute approximate surface area is 50.3 Å². The van der Waals surface area contributed by atoms with Gasteiger partial charge in [-0.3, -0.25) is 0 Å².